The Morgan fingerprint density at radius 1 is 1.03 bits per heavy atom. The number of halogens is 3. The molecule has 36 heavy (non-hydrogen) atoms. The molecule has 1 aliphatic heterocycles. The highest BCUT2D eigenvalue weighted by atomic mass is 19.4. The molecule has 4 saturated carbocycles. The first kappa shape index (κ1) is 23.8. The highest BCUT2D eigenvalue weighted by Crippen LogP contribution is 2.55. The Morgan fingerprint density at radius 2 is 1.67 bits per heavy atom. The fraction of sp³-hybridized carbons (Fsp3) is 0.654. The maximum atomic E-state index is 13.5. The second kappa shape index (κ2) is 8.75. The Kier molecular flexibility index (Phi) is 5.77. The molecule has 7 rings (SSSR count). The summed E-state index contributed by atoms with van der Waals surface area (Å²) in [6, 6.07) is 5.26. The molecule has 0 spiro atoms. The van der Waals surface area contributed by atoms with Crippen molar-refractivity contribution in [3.05, 3.63) is 35.9 Å². The average Bonchev–Trinajstić information content (AvgIpc) is 3.17. The van der Waals surface area contributed by atoms with Crippen LogP contribution in [-0.2, 0) is 11.3 Å². The molecule has 7 nitrogen and oxygen atoms in total. The zero-order valence-electron chi connectivity index (χ0n) is 20.2. The van der Waals surface area contributed by atoms with Gasteiger partial charge in [0.15, 0.2) is 0 Å². The Bertz CT molecular complexity index is 1130. The number of hydrogen-bond acceptors (Lipinski definition) is 4. The molecule has 0 atom stereocenters. The molecule has 5 fully saturated rings. The summed E-state index contributed by atoms with van der Waals surface area (Å²) >= 11 is 0. The minimum atomic E-state index is -4.86. The predicted molar refractivity (Wildman–Crippen MR) is 126 cm³/mol. The lowest BCUT2D eigenvalue weighted by Gasteiger charge is -2.56. The monoisotopic (exact) mass is 503 g/mol. The van der Waals surface area contributed by atoms with Crippen LogP contribution in [0, 0.1) is 17.8 Å². The smallest absolute Gasteiger partial charge is 0.345 e. The van der Waals surface area contributed by atoms with Gasteiger partial charge in [0.1, 0.15) is 0 Å². The van der Waals surface area contributed by atoms with E-state index in [-0.39, 0.29) is 11.4 Å². The maximum Gasteiger partial charge on any atom is 0.471 e. The highest BCUT2D eigenvalue weighted by molar-refractivity contribution is 5.92. The molecule has 4 aliphatic carbocycles. The van der Waals surface area contributed by atoms with Crippen LogP contribution in [0.4, 0.5) is 13.2 Å². The number of nitrogens with one attached hydrogen (secondary N) is 2. The van der Waals surface area contributed by atoms with E-state index in [1.807, 2.05) is 28.8 Å². The number of amides is 2. The molecule has 2 amide bonds. The van der Waals surface area contributed by atoms with Crippen molar-refractivity contribution in [2.24, 2.45) is 17.8 Å². The number of piperidine rings is 1. The van der Waals surface area contributed by atoms with Gasteiger partial charge in [-0.15, -0.1) is 0 Å². The minimum absolute atomic E-state index is 0.102. The summed E-state index contributed by atoms with van der Waals surface area (Å²) in [7, 11) is 0. The van der Waals surface area contributed by atoms with Crippen molar-refractivity contribution in [3.63, 3.8) is 0 Å². The molecule has 4 bridgehead atoms. The van der Waals surface area contributed by atoms with Crippen molar-refractivity contribution in [2.75, 3.05) is 13.1 Å². The summed E-state index contributed by atoms with van der Waals surface area (Å²) in [6.07, 6.45) is 5.01. The van der Waals surface area contributed by atoms with Crippen LogP contribution in [-0.4, -0.2) is 56.9 Å². The molecule has 5 aliphatic rings. The third-order valence-corrected chi connectivity index (χ3v) is 8.80. The van der Waals surface area contributed by atoms with Gasteiger partial charge in [-0.3, -0.25) is 18.9 Å². The van der Waals surface area contributed by atoms with E-state index >= 15 is 0 Å². The molecule has 0 unspecified atom stereocenters. The first-order valence-corrected chi connectivity index (χ1v) is 13.1. The molecule has 194 valence electrons. The fourth-order valence-corrected chi connectivity index (χ4v) is 7.65. The van der Waals surface area contributed by atoms with Crippen molar-refractivity contribution < 1.29 is 22.8 Å². The van der Waals surface area contributed by atoms with E-state index in [2.05, 4.69) is 15.5 Å². The zero-order valence-corrected chi connectivity index (χ0v) is 20.2. The van der Waals surface area contributed by atoms with Gasteiger partial charge < -0.3 is 10.6 Å². The molecule has 0 radical (unpaired) electrons. The Morgan fingerprint density at radius 3 is 2.28 bits per heavy atom. The van der Waals surface area contributed by atoms with Gasteiger partial charge in [-0.25, -0.2) is 4.98 Å². The van der Waals surface area contributed by atoms with E-state index in [4.69, 9.17) is 4.98 Å². The SMILES string of the molecule is O=C(NC12CC3CC(CC(C3)C1)C2)c1nc(CN2CCC(NC(=O)C(F)(F)F)CC2)c2ccccn12. The van der Waals surface area contributed by atoms with Crippen molar-refractivity contribution in [1.29, 1.82) is 0 Å². The lowest BCUT2D eigenvalue weighted by Crippen LogP contribution is -2.60. The van der Waals surface area contributed by atoms with Crippen molar-refractivity contribution in [3.8, 4) is 0 Å². The number of imidazole rings is 1. The normalized spacial score (nSPS) is 30.6. The van der Waals surface area contributed by atoms with Crippen LogP contribution in [0.2, 0.25) is 0 Å². The first-order chi connectivity index (χ1) is 17.2. The standard InChI is InChI=1S/C26H32F3N5O2/c27-26(28,29)24(36)30-19-4-7-33(8-5-19)15-20-21-3-1-2-6-34(21)22(31-20)23(35)32-25-12-16-9-17(13-25)11-18(10-16)14-25/h1-3,6,16-19H,4-5,7-15H2,(H,30,36)(H,32,35). The van der Waals surface area contributed by atoms with E-state index < -0.39 is 18.1 Å². The Hall–Kier alpha value is -2.62. The number of hydrogen-bond donors (Lipinski definition) is 2. The number of aromatic nitrogens is 2. The van der Waals surface area contributed by atoms with Crippen molar-refractivity contribution in [1.82, 2.24) is 24.9 Å². The third kappa shape index (κ3) is 4.48. The Labute approximate surface area is 207 Å². The van der Waals surface area contributed by atoms with Gasteiger partial charge in [-0.2, -0.15) is 13.2 Å². The summed E-state index contributed by atoms with van der Waals surface area (Å²) < 4.78 is 39.5. The number of nitrogens with zero attached hydrogens (tertiary/aromatic N) is 3. The van der Waals surface area contributed by atoms with Gasteiger partial charge in [0.2, 0.25) is 5.82 Å². The summed E-state index contributed by atoms with van der Waals surface area (Å²) in [4.78, 5) is 31.7. The zero-order chi connectivity index (χ0) is 25.1. The van der Waals surface area contributed by atoms with E-state index in [0.717, 1.165) is 48.2 Å². The summed E-state index contributed by atoms with van der Waals surface area (Å²) in [5.74, 6) is 0.575. The Balaban J connectivity index is 1.14. The quantitative estimate of drug-likeness (QED) is 0.653. The minimum Gasteiger partial charge on any atom is -0.345 e. The molecule has 0 aromatic carbocycles. The van der Waals surface area contributed by atoms with Gasteiger partial charge in [0.25, 0.3) is 5.91 Å². The molecule has 2 N–H and O–H groups in total. The van der Waals surface area contributed by atoms with Crippen LogP contribution in [0.5, 0.6) is 0 Å². The summed E-state index contributed by atoms with van der Waals surface area (Å²) in [6.45, 7) is 1.59. The van der Waals surface area contributed by atoms with Crippen LogP contribution in [0.3, 0.4) is 0 Å². The third-order valence-electron chi connectivity index (χ3n) is 8.80. The molecule has 1 saturated heterocycles. The van der Waals surface area contributed by atoms with Crippen LogP contribution in [0.15, 0.2) is 24.4 Å². The first-order valence-electron chi connectivity index (χ1n) is 13.1. The largest absolute Gasteiger partial charge is 0.471 e. The molecule has 2 aromatic rings. The predicted octanol–water partition coefficient (Wildman–Crippen LogP) is 3.68. The molecule has 2 aromatic heterocycles. The summed E-state index contributed by atoms with van der Waals surface area (Å²) in [5.41, 5.74) is 1.54. The lowest BCUT2D eigenvalue weighted by molar-refractivity contribution is -0.174. The number of carbonyl (C=O) groups excluding carboxylic acids is 2. The number of fused-ring (bicyclic) bond motifs is 1. The number of likely N-dealkylation sites (tertiary alicyclic amines) is 1. The number of pyridine rings is 1. The van der Waals surface area contributed by atoms with Crippen LogP contribution in [0.1, 0.15) is 67.7 Å². The van der Waals surface area contributed by atoms with Gasteiger partial charge >= 0.3 is 12.1 Å². The van der Waals surface area contributed by atoms with Crippen LogP contribution < -0.4 is 10.6 Å². The topological polar surface area (TPSA) is 78.7 Å². The van der Waals surface area contributed by atoms with Crippen molar-refractivity contribution >= 4 is 17.3 Å². The second-order valence-corrected chi connectivity index (χ2v) is 11.5. The molecule has 10 heteroatoms. The van der Waals surface area contributed by atoms with E-state index in [1.54, 1.807) is 0 Å². The van der Waals surface area contributed by atoms with E-state index in [0.29, 0.717) is 38.3 Å². The molecule has 3 heterocycles. The van der Waals surface area contributed by atoms with E-state index in [1.165, 1.54) is 19.3 Å². The highest BCUT2D eigenvalue weighted by Gasteiger charge is 2.51. The van der Waals surface area contributed by atoms with Crippen LogP contribution in [0.25, 0.3) is 5.52 Å². The van der Waals surface area contributed by atoms with Crippen LogP contribution >= 0.6 is 0 Å². The van der Waals surface area contributed by atoms with Gasteiger partial charge in [0.05, 0.1) is 11.2 Å². The van der Waals surface area contributed by atoms with Crippen molar-refractivity contribution in [2.45, 2.75) is 75.7 Å². The number of carbonyl (C=O) groups is 2. The number of alkyl halides is 3. The second-order valence-electron chi connectivity index (χ2n) is 11.5. The molecular weight excluding hydrogens is 471 g/mol. The van der Waals surface area contributed by atoms with E-state index in [9.17, 15) is 22.8 Å². The van der Waals surface area contributed by atoms with Gasteiger partial charge in [-0.1, -0.05) is 6.07 Å². The van der Waals surface area contributed by atoms with Gasteiger partial charge in [-0.05, 0) is 81.3 Å². The summed E-state index contributed by atoms with van der Waals surface area (Å²) in [5, 5.41) is 5.51. The molecular formula is C26H32F3N5O2. The maximum absolute atomic E-state index is 13.5. The fourth-order valence-electron chi connectivity index (χ4n) is 7.65. The lowest BCUT2D eigenvalue weighted by atomic mass is 9.53. The van der Waals surface area contributed by atoms with Gasteiger partial charge in [0, 0.05) is 37.4 Å². The average molecular weight is 504 g/mol. The number of rotatable bonds is 5.